The molecule has 2 rings (SSSR count). The molecule has 0 radical (unpaired) electrons. The molecule has 0 atom stereocenters. The molecule has 68 valence electrons. The summed E-state index contributed by atoms with van der Waals surface area (Å²) >= 11 is 0. The molecular formula is C7H9N5O. The topological polar surface area (TPSA) is 100 Å². The van der Waals surface area contributed by atoms with E-state index in [0.29, 0.717) is 22.8 Å². The molecule has 0 bridgehead atoms. The highest BCUT2D eigenvalue weighted by molar-refractivity contribution is 5.68. The molecule has 0 aliphatic carbocycles. The molecule has 2 heterocycles. The molecule has 6 nitrogen and oxygen atoms in total. The minimum absolute atomic E-state index is 0.213. The van der Waals surface area contributed by atoms with Crippen molar-refractivity contribution in [3.05, 3.63) is 22.0 Å². The zero-order valence-electron chi connectivity index (χ0n) is 7.09. The summed E-state index contributed by atoms with van der Waals surface area (Å²) in [6.07, 6.45) is 0. The maximum absolute atomic E-state index is 11.3. The van der Waals surface area contributed by atoms with Gasteiger partial charge in [-0.2, -0.15) is 0 Å². The number of fused-ring (bicyclic) bond motifs is 1. The van der Waals surface area contributed by atoms with E-state index in [1.165, 1.54) is 0 Å². The lowest BCUT2D eigenvalue weighted by atomic mass is 10.5. The van der Waals surface area contributed by atoms with E-state index in [4.69, 9.17) is 5.73 Å². The predicted octanol–water partition coefficient (Wildman–Crippen LogP) is -0.587. The van der Waals surface area contributed by atoms with E-state index < -0.39 is 0 Å². The highest BCUT2D eigenvalue weighted by Crippen LogP contribution is 2.02. The fourth-order valence-corrected chi connectivity index (χ4v) is 1.16. The molecule has 2 aromatic heterocycles. The Balaban J connectivity index is 2.83. The molecule has 0 unspecified atom stereocenters. The maximum Gasteiger partial charge on any atom is 0.276 e. The fourth-order valence-electron chi connectivity index (χ4n) is 1.16. The third-order valence-electron chi connectivity index (χ3n) is 1.72. The van der Waals surface area contributed by atoms with Crippen molar-refractivity contribution in [2.75, 3.05) is 0 Å². The van der Waals surface area contributed by atoms with Crippen LogP contribution in [-0.4, -0.2) is 19.9 Å². The molecular weight excluding hydrogens is 170 g/mol. The number of nitrogens with two attached hydrogens (primary N) is 1. The lowest BCUT2D eigenvalue weighted by Crippen LogP contribution is -2.09. The highest BCUT2D eigenvalue weighted by atomic mass is 16.1. The van der Waals surface area contributed by atoms with Gasteiger partial charge in [0.1, 0.15) is 11.6 Å². The Hall–Kier alpha value is -1.69. The van der Waals surface area contributed by atoms with Gasteiger partial charge in [-0.1, -0.05) is 0 Å². The summed E-state index contributed by atoms with van der Waals surface area (Å²) in [5.41, 5.74) is 5.95. The minimum Gasteiger partial charge on any atom is -0.335 e. The van der Waals surface area contributed by atoms with Crippen molar-refractivity contribution in [1.29, 1.82) is 0 Å². The highest BCUT2D eigenvalue weighted by Gasteiger charge is 2.06. The molecule has 0 fully saturated rings. The Kier molecular flexibility index (Phi) is 1.63. The maximum atomic E-state index is 11.3. The Bertz CT molecular complexity index is 497. The Morgan fingerprint density at radius 1 is 1.38 bits per heavy atom. The van der Waals surface area contributed by atoms with Crippen molar-refractivity contribution in [3.63, 3.8) is 0 Å². The van der Waals surface area contributed by atoms with Crippen molar-refractivity contribution in [3.8, 4) is 0 Å². The van der Waals surface area contributed by atoms with E-state index in [0.717, 1.165) is 0 Å². The molecule has 2 aromatic rings. The van der Waals surface area contributed by atoms with Gasteiger partial charge in [0.25, 0.3) is 5.56 Å². The van der Waals surface area contributed by atoms with Crippen LogP contribution < -0.4 is 11.3 Å². The van der Waals surface area contributed by atoms with Gasteiger partial charge in [0.15, 0.2) is 11.2 Å². The van der Waals surface area contributed by atoms with Gasteiger partial charge in [0.05, 0.1) is 6.54 Å². The van der Waals surface area contributed by atoms with Crippen LogP contribution in [0.1, 0.15) is 11.6 Å². The van der Waals surface area contributed by atoms with E-state index in [1.807, 2.05) is 0 Å². The first-order chi connectivity index (χ1) is 6.20. The van der Waals surface area contributed by atoms with E-state index in [1.54, 1.807) is 6.92 Å². The summed E-state index contributed by atoms with van der Waals surface area (Å²) < 4.78 is 0. The number of aromatic amines is 2. The van der Waals surface area contributed by atoms with E-state index in [2.05, 4.69) is 19.9 Å². The summed E-state index contributed by atoms with van der Waals surface area (Å²) in [5.74, 6) is 1.12. The first kappa shape index (κ1) is 7.93. The summed E-state index contributed by atoms with van der Waals surface area (Å²) in [4.78, 5) is 24.8. The van der Waals surface area contributed by atoms with Gasteiger partial charge in [-0.05, 0) is 6.92 Å². The van der Waals surface area contributed by atoms with E-state index in [-0.39, 0.29) is 12.1 Å². The number of nitrogens with one attached hydrogen (secondary N) is 2. The Morgan fingerprint density at radius 2 is 2.15 bits per heavy atom. The predicted molar refractivity (Wildman–Crippen MR) is 47.1 cm³/mol. The number of hydrogen-bond donors (Lipinski definition) is 3. The zero-order valence-corrected chi connectivity index (χ0v) is 7.09. The van der Waals surface area contributed by atoms with Crippen LogP contribution >= 0.6 is 0 Å². The van der Waals surface area contributed by atoms with Crippen LogP contribution in [0.3, 0.4) is 0 Å². The second kappa shape index (κ2) is 2.67. The first-order valence-corrected chi connectivity index (χ1v) is 3.86. The van der Waals surface area contributed by atoms with Crippen LogP contribution in [0.15, 0.2) is 4.79 Å². The number of nitrogens with zero attached hydrogens (tertiary/aromatic N) is 2. The van der Waals surface area contributed by atoms with Crippen molar-refractivity contribution >= 4 is 11.2 Å². The number of H-pyrrole nitrogens is 2. The second-order valence-corrected chi connectivity index (χ2v) is 2.74. The lowest BCUT2D eigenvalue weighted by Gasteiger charge is -1.89. The molecule has 13 heavy (non-hydrogen) atoms. The Morgan fingerprint density at radius 3 is 2.85 bits per heavy atom. The van der Waals surface area contributed by atoms with Crippen LogP contribution in [0.25, 0.3) is 11.2 Å². The number of rotatable bonds is 1. The summed E-state index contributed by atoms with van der Waals surface area (Å²) in [6, 6.07) is 0. The summed E-state index contributed by atoms with van der Waals surface area (Å²) in [6.45, 7) is 1.98. The quantitative estimate of drug-likeness (QED) is 0.544. The molecule has 0 amide bonds. The van der Waals surface area contributed by atoms with Gasteiger partial charge in [-0.15, -0.1) is 0 Å². The number of imidazole rings is 1. The fraction of sp³-hybridized carbons (Fsp3) is 0.286. The van der Waals surface area contributed by atoms with Crippen molar-refractivity contribution in [2.24, 2.45) is 5.73 Å². The van der Waals surface area contributed by atoms with Gasteiger partial charge >= 0.3 is 0 Å². The standard InChI is InChI=1S/C7H9N5O/c1-3-9-6-5(7(13)10-3)11-4(2-8)12-6/h2,8H2,1H3,(H2,9,10,11,12,13). The smallest absolute Gasteiger partial charge is 0.276 e. The molecule has 0 aliphatic heterocycles. The number of hydrogen-bond acceptors (Lipinski definition) is 4. The van der Waals surface area contributed by atoms with Gasteiger partial charge in [0.2, 0.25) is 0 Å². The average molecular weight is 179 g/mol. The summed E-state index contributed by atoms with van der Waals surface area (Å²) in [7, 11) is 0. The van der Waals surface area contributed by atoms with Gasteiger partial charge in [-0.3, -0.25) is 4.79 Å². The van der Waals surface area contributed by atoms with Gasteiger partial charge in [-0.25, -0.2) is 9.97 Å². The average Bonchev–Trinajstić information content (AvgIpc) is 2.47. The van der Waals surface area contributed by atoms with Crippen LogP contribution in [0.4, 0.5) is 0 Å². The SMILES string of the molecule is Cc1nc2nc(CN)[nH]c2c(=O)[nH]1. The summed E-state index contributed by atoms with van der Waals surface area (Å²) in [5, 5.41) is 0. The molecule has 4 N–H and O–H groups in total. The van der Waals surface area contributed by atoms with Crippen molar-refractivity contribution in [1.82, 2.24) is 19.9 Å². The van der Waals surface area contributed by atoms with E-state index in [9.17, 15) is 4.79 Å². The minimum atomic E-state index is -0.213. The third-order valence-corrected chi connectivity index (χ3v) is 1.72. The second-order valence-electron chi connectivity index (χ2n) is 2.74. The van der Waals surface area contributed by atoms with Crippen LogP contribution in [-0.2, 0) is 6.54 Å². The normalized spacial score (nSPS) is 10.9. The molecule has 0 aliphatic rings. The molecule has 0 spiro atoms. The van der Waals surface area contributed by atoms with Crippen molar-refractivity contribution in [2.45, 2.75) is 13.5 Å². The number of aryl methyl sites for hydroxylation is 1. The van der Waals surface area contributed by atoms with Crippen LogP contribution in [0.2, 0.25) is 0 Å². The largest absolute Gasteiger partial charge is 0.335 e. The molecule has 0 saturated heterocycles. The van der Waals surface area contributed by atoms with Gasteiger partial charge in [0, 0.05) is 0 Å². The van der Waals surface area contributed by atoms with E-state index >= 15 is 0 Å². The monoisotopic (exact) mass is 179 g/mol. The van der Waals surface area contributed by atoms with Crippen molar-refractivity contribution < 1.29 is 0 Å². The third kappa shape index (κ3) is 1.20. The van der Waals surface area contributed by atoms with Gasteiger partial charge < -0.3 is 15.7 Å². The Labute approximate surface area is 73.2 Å². The lowest BCUT2D eigenvalue weighted by molar-refractivity contribution is 0.955. The molecule has 6 heteroatoms. The zero-order chi connectivity index (χ0) is 9.42. The molecule has 0 saturated carbocycles. The number of aromatic nitrogens is 4. The first-order valence-electron chi connectivity index (χ1n) is 3.86. The van der Waals surface area contributed by atoms with Crippen LogP contribution in [0, 0.1) is 6.92 Å². The molecule has 0 aromatic carbocycles. The van der Waals surface area contributed by atoms with Crippen LogP contribution in [0.5, 0.6) is 0 Å².